The van der Waals surface area contributed by atoms with E-state index in [1.165, 1.54) is 6.07 Å². The van der Waals surface area contributed by atoms with Crippen molar-refractivity contribution >= 4 is 30.1 Å². The molecule has 0 saturated carbocycles. The van der Waals surface area contributed by atoms with E-state index in [4.69, 9.17) is 10.5 Å². The van der Waals surface area contributed by atoms with Crippen molar-refractivity contribution < 1.29 is 23.1 Å². The number of nitrogens with one attached hydrogen (secondary N) is 1. The smallest absolute Gasteiger partial charge is 0.405 e. The molecule has 0 bridgehead atoms. The van der Waals surface area contributed by atoms with Crippen LogP contribution in [0.3, 0.4) is 0 Å². The van der Waals surface area contributed by atoms with Gasteiger partial charge in [0.2, 0.25) is 0 Å². The second-order valence-electron chi connectivity index (χ2n) is 5.42. The maximum atomic E-state index is 13.2. The predicted octanol–water partition coefficient (Wildman–Crippen LogP) is 3.72. The second-order valence-corrected chi connectivity index (χ2v) is 5.42. The molecule has 0 unspecified atom stereocenters. The van der Waals surface area contributed by atoms with Gasteiger partial charge in [-0.1, -0.05) is 12.1 Å². The fraction of sp³-hybridized carbons (Fsp3) is 0.176. The number of nitrogens with two attached hydrogens (primary N) is 1. The Morgan fingerprint density at radius 2 is 1.92 bits per heavy atom. The van der Waals surface area contributed by atoms with Gasteiger partial charge in [0, 0.05) is 17.3 Å². The van der Waals surface area contributed by atoms with Gasteiger partial charge in [-0.15, -0.1) is 12.4 Å². The van der Waals surface area contributed by atoms with Crippen LogP contribution in [-0.4, -0.2) is 12.0 Å². The molecule has 3 rings (SSSR count). The summed E-state index contributed by atoms with van der Waals surface area (Å²) in [5, 5.41) is 2.53. The molecule has 5 nitrogen and oxygen atoms in total. The van der Waals surface area contributed by atoms with Crippen LogP contribution in [0.1, 0.15) is 34.0 Å². The van der Waals surface area contributed by atoms with Crippen LogP contribution >= 0.6 is 12.4 Å². The molecule has 0 spiro atoms. The van der Waals surface area contributed by atoms with Crippen molar-refractivity contribution in [3.8, 4) is 0 Å². The molecular formula is C17H15ClF2N2O3. The summed E-state index contributed by atoms with van der Waals surface area (Å²) in [5.74, 6) is -2.47. The molecule has 8 heteroatoms. The molecule has 25 heavy (non-hydrogen) atoms. The third kappa shape index (κ3) is 3.88. The number of benzene rings is 2. The largest absolute Gasteiger partial charge is 0.441 e. The lowest BCUT2D eigenvalue weighted by atomic mass is 10.0. The first-order valence-corrected chi connectivity index (χ1v) is 7.30. The Balaban J connectivity index is 0.00000225. The van der Waals surface area contributed by atoms with Crippen molar-refractivity contribution in [3.05, 3.63) is 64.7 Å². The summed E-state index contributed by atoms with van der Waals surface area (Å²) in [6.07, 6.45) is -0.263. The zero-order valence-corrected chi connectivity index (χ0v) is 13.7. The van der Waals surface area contributed by atoms with E-state index in [1.54, 1.807) is 18.2 Å². The van der Waals surface area contributed by atoms with Crippen molar-refractivity contribution in [1.82, 2.24) is 0 Å². The third-order valence-corrected chi connectivity index (χ3v) is 3.90. The molecule has 2 amide bonds. The summed E-state index contributed by atoms with van der Waals surface area (Å²) in [7, 11) is 0. The number of hydrogen-bond acceptors (Lipinski definition) is 3. The van der Waals surface area contributed by atoms with Crippen LogP contribution in [-0.2, 0) is 11.2 Å². The molecule has 3 N–H and O–H groups in total. The maximum Gasteiger partial charge on any atom is 0.405 e. The van der Waals surface area contributed by atoms with E-state index in [-0.39, 0.29) is 18.1 Å². The minimum Gasteiger partial charge on any atom is -0.441 e. The van der Waals surface area contributed by atoms with E-state index in [1.807, 2.05) is 0 Å². The molecule has 0 saturated heterocycles. The number of primary amides is 1. The molecule has 0 aromatic heterocycles. The first-order chi connectivity index (χ1) is 11.5. The van der Waals surface area contributed by atoms with Gasteiger partial charge in [0.15, 0.2) is 11.6 Å². The van der Waals surface area contributed by atoms with Gasteiger partial charge in [-0.2, -0.15) is 0 Å². The van der Waals surface area contributed by atoms with Crippen LogP contribution in [0.2, 0.25) is 0 Å². The Morgan fingerprint density at radius 1 is 1.16 bits per heavy atom. The first kappa shape index (κ1) is 18.7. The minimum atomic E-state index is -1.04. The fourth-order valence-corrected chi connectivity index (χ4v) is 2.86. The van der Waals surface area contributed by atoms with Crippen LogP contribution in [0.25, 0.3) is 0 Å². The Labute approximate surface area is 148 Å². The van der Waals surface area contributed by atoms with Crippen molar-refractivity contribution in [2.24, 2.45) is 5.73 Å². The van der Waals surface area contributed by atoms with Crippen LogP contribution in [0, 0.1) is 11.6 Å². The summed E-state index contributed by atoms with van der Waals surface area (Å²) in [6.45, 7) is 0. The van der Waals surface area contributed by atoms with Gasteiger partial charge in [-0.3, -0.25) is 4.79 Å². The summed E-state index contributed by atoms with van der Waals surface area (Å²) >= 11 is 0. The Bertz CT molecular complexity index is 830. The van der Waals surface area contributed by atoms with Crippen molar-refractivity contribution in [2.45, 2.75) is 18.9 Å². The van der Waals surface area contributed by atoms with E-state index < -0.39 is 29.7 Å². The van der Waals surface area contributed by atoms with E-state index in [0.717, 1.165) is 23.3 Å². The number of hydrogen-bond donors (Lipinski definition) is 2. The fourth-order valence-electron chi connectivity index (χ4n) is 2.86. The van der Waals surface area contributed by atoms with Crippen LogP contribution < -0.4 is 11.1 Å². The van der Waals surface area contributed by atoms with Crippen molar-refractivity contribution in [2.75, 3.05) is 5.32 Å². The lowest BCUT2D eigenvalue weighted by Gasteiger charge is -2.13. The van der Waals surface area contributed by atoms with Gasteiger partial charge < -0.3 is 15.8 Å². The molecule has 2 aromatic carbocycles. The number of halogens is 3. The highest BCUT2D eigenvalue weighted by molar-refractivity contribution is 6.05. The standard InChI is InChI=1S/C17H14F2N2O3.ClH/c18-13-6-4-9(8-14(13)19)21-16(22)12-3-1-2-11-10(12)5-7-15(11)24-17(20)23;/h1-4,6,8,15H,5,7H2,(H2,20,23)(H,21,22);1H/t15-;/m0./s1. The normalized spacial score (nSPS) is 15.0. The molecule has 2 aromatic rings. The van der Waals surface area contributed by atoms with Crippen LogP contribution in [0.15, 0.2) is 36.4 Å². The monoisotopic (exact) mass is 368 g/mol. The first-order valence-electron chi connectivity index (χ1n) is 7.30. The third-order valence-electron chi connectivity index (χ3n) is 3.90. The average Bonchev–Trinajstić information content (AvgIpc) is 2.93. The minimum absolute atomic E-state index is 0. The summed E-state index contributed by atoms with van der Waals surface area (Å²) < 4.78 is 31.2. The second kappa shape index (κ2) is 7.48. The Kier molecular flexibility index (Phi) is 5.58. The zero-order chi connectivity index (χ0) is 17.3. The molecule has 1 aliphatic rings. The van der Waals surface area contributed by atoms with E-state index in [9.17, 15) is 18.4 Å². The van der Waals surface area contributed by atoms with Gasteiger partial charge in [0.1, 0.15) is 6.10 Å². The Hall–Kier alpha value is -2.67. The summed E-state index contributed by atoms with van der Waals surface area (Å²) in [4.78, 5) is 23.4. The summed E-state index contributed by atoms with van der Waals surface area (Å²) in [5.41, 5.74) is 7.08. The van der Waals surface area contributed by atoms with E-state index >= 15 is 0 Å². The van der Waals surface area contributed by atoms with Gasteiger partial charge in [-0.25, -0.2) is 13.6 Å². The van der Waals surface area contributed by atoms with Gasteiger partial charge >= 0.3 is 6.09 Å². The quantitative estimate of drug-likeness (QED) is 0.866. The molecular weight excluding hydrogens is 354 g/mol. The molecule has 1 aliphatic carbocycles. The lowest BCUT2D eigenvalue weighted by Crippen LogP contribution is -2.16. The van der Waals surface area contributed by atoms with E-state index in [2.05, 4.69) is 5.32 Å². The van der Waals surface area contributed by atoms with Gasteiger partial charge in [0.05, 0.1) is 0 Å². The van der Waals surface area contributed by atoms with E-state index in [0.29, 0.717) is 18.4 Å². The molecule has 0 fully saturated rings. The number of ether oxygens (including phenoxy) is 1. The number of rotatable bonds is 3. The lowest BCUT2D eigenvalue weighted by molar-refractivity contribution is 0.102. The zero-order valence-electron chi connectivity index (χ0n) is 12.9. The predicted molar refractivity (Wildman–Crippen MR) is 89.7 cm³/mol. The molecule has 132 valence electrons. The Morgan fingerprint density at radius 3 is 2.60 bits per heavy atom. The van der Waals surface area contributed by atoms with Crippen molar-refractivity contribution in [1.29, 1.82) is 0 Å². The number of fused-ring (bicyclic) bond motifs is 1. The molecule has 0 radical (unpaired) electrons. The average molecular weight is 369 g/mol. The topological polar surface area (TPSA) is 81.4 Å². The van der Waals surface area contributed by atoms with Crippen molar-refractivity contribution in [3.63, 3.8) is 0 Å². The van der Waals surface area contributed by atoms with Gasteiger partial charge in [-0.05, 0) is 42.2 Å². The highest BCUT2D eigenvalue weighted by Gasteiger charge is 2.28. The highest BCUT2D eigenvalue weighted by Crippen LogP contribution is 2.36. The summed E-state index contributed by atoms with van der Waals surface area (Å²) in [6, 6.07) is 8.19. The molecule has 0 heterocycles. The maximum absolute atomic E-state index is 13.2. The number of carbonyl (C=O) groups excluding carboxylic acids is 2. The number of anilines is 1. The SMILES string of the molecule is Cl.NC(=O)O[C@H]1CCc2c(C(=O)Nc3ccc(F)c(F)c3)cccc21. The number of amides is 2. The number of carbonyl (C=O) groups is 2. The van der Waals surface area contributed by atoms with Crippen LogP contribution in [0.4, 0.5) is 19.3 Å². The van der Waals surface area contributed by atoms with Gasteiger partial charge in [0.25, 0.3) is 5.91 Å². The molecule has 0 aliphatic heterocycles. The van der Waals surface area contributed by atoms with Crippen LogP contribution in [0.5, 0.6) is 0 Å². The highest BCUT2D eigenvalue weighted by atomic mass is 35.5. The molecule has 1 atom stereocenters.